The summed E-state index contributed by atoms with van der Waals surface area (Å²) < 4.78 is 1.10. The second-order valence-corrected chi connectivity index (χ2v) is 9.26. The Morgan fingerprint density at radius 3 is 2.00 bits per heavy atom. The van der Waals surface area contributed by atoms with Crippen molar-refractivity contribution in [2.45, 2.75) is 0 Å². The van der Waals surface area contributed by atoms with Crippen LogP contribution in [-0.2, 0) is 17.8 Å². The molecule has 4 heteroatoms. The first-order valence-electron chi connectivity index (χ1n) is 0.877. The zero-order valence-electron chi connectivity index (χ0n) is 2.28. The van der Waals surface area contributed by atoms with Crippen LogP contribution in [0.2, 0.25) is 0 Å². The lowest BCUT2D eigenvalue weighted by Crippen LogP contribution is -1.65. The topological polar surface area (TPSA) is 0 Å². The summed E-state index contributed by atoms with van der Waals surface area (Å²) >= 11 is 9.31. The average molecular weight is 332 g/mol. The highest BCUT2D eigenvalue weighted by Crippen LogP contribution is 1.97. The Kier molecular flexibility index (Phi) is 5.90. The van der Waals surface area contributed by atoms with Gasteiger partial charge in [0.25, 0.3) is 0 Å². The molecule has 1 atom stereocenters. The van der Waals surface area contributed by atoms with Crippen molar-refractivity contribution in [1.29, 1.82) is 0 Å². The van der Waals surface area contributed by atoms with E-state index in [1.807, 2.05) is 0 Å². The first-order valence-corrected chi connectivity index (χ1v) is 7.26. The van der Waals surface area contributed by atoms with Gasteiger partial charge in [0.15, 0.2) is 0 Å². The molecule has 0 aliphatic rings. The van der Waals surface area contributed by atoms with Crippen molar-refractivity contribution in [2.75, 3.05) is 3.76 Å². The van der Waals surface area contributed by atoms with Crippen LogP contribution in [-0.4, -0.2) is 3.76 Å². The minimum absolute atomic E-state index is 0.217. The molecule has 0 fully saturated rings. The van der Waals surface area contributed by atoms with Crippen LogP contribution >= 0.6 is 43.8 Å². The molecule has 0 aromatic carbocycles. The van der Waals surface area contributed by atoms with Crippen molar-refractivity contribution in [3.05, 3.63) is 0 Å². The average Bonchev–Trinajstić information content (AvgIpc) is 1.38. The molecule has 0 aliphatic heterocycles. The molecule has 0 bridgehead atoms. The number of hydrogen-bond donors (Lipinski definition) is 0. The lowest BCUT2D eigenvalue weighted by Gasteiger charge is -1.74. The summed E-state index contributed by atoms with van der Waals surface area (Å²) in [6.07, 6.45) is 0. The molecule has 0 aromatic heterocycles. The third-order valence-corrected chi connectivity index (χ3v) is 8.26. The molecule has 0 rings (SSSR count). The van der Waals surface area contributed by atoms with Crippen LogP contribution in [0.4, 0.5) is 0 Å². The molecule has 32 valence electrons. The summed E-state index contributed by atoms with van der Waals surface area (Å²) in [7, 11) is 0. The van der Waals surface area contributed by atoms with Gasteiger partial charge in [0.2, 0.25) is 0 Å². The molecule has 0 nitrogen and oxygen atoms in total. The summed E-state index contributed by atoms with van der Waals surface area (Å²) in [5, 5.41) is 0. The van der Waals surface area contributed by atoms with Crippen molar-refractivity contribution >= 4 is 61.6 Å². The van der Waals surface area contributed by atoms with E-state index in [9.17, 15) is 0 Å². The van der Waals surface area contributed by atoms with Gasteiger partial charge in [-0.3, -0.25) is 0 Å². The smallest absolute Gasteiger partial charge is 0.0595 e. The molecule has 1 unspecified atom stereocenters. The Labute approximate surface area is 64.4 Å². The lowest BCUT2D eigenvalue weighted by atomic mass is 12.0. The lowest BCUT2D eigenvalue weighted by molar-refractivity contribution is 2.45. The second-order valence-electron chi connectivity index (χ2n) is 0.399. The fourth-order valence-corrected chi connectivity index (χ4v) is 0. The van der Waals surface area contributed by atoms with E-state index in [1.165, 1.54) is 0 Å². The monoisotopic (exact) mass is 332 g/mol. The van der Waals surface area contributed by atoms with Crippen molar-refractivity contribution < 1.29 is 0 Å². The van der Waals surface area contributed by atoms with Crippen molar-refractivity contribution in [3.63, 3.8) is 0 Å². The molecule has 0 aliphatic carbocycles. The normalized spacial score (nSPS) is 14.8. The quantitative estimate of drug-likeness (QED) is 0.401. The fraction of sp³-hybridized carbons (Fsp3) is 1.00. The minimum atomic E-state index is 0.217. The van der Waals surface area contributed by atoms with Gasteiger partial charge >= 0.3 is 0 Å². The molecular formula is CH2I2S2. The first-order chi connectivity index (χ1) is 2.27. The van der Waals surface area contributed by atoms with Gasteiger partial charge < -0.3 is 0 Å². The molecule has 0 heterocycles. The van der Waals surface area contributed by atoms with Crippen LogP contribution in [0.3, 0.4) is 0 Å². The maximum atomic E-state index is 4.79. The van der Waals surface area contributed by atoms with Crippen LogP contribution in [0.15, 0.2) is 0 Å². The molecule has 0 radical (unpaired) electrons. The third-order valence-electron chi connectivity index (χ3n) is 0.0858. The van der Waals surface area contributed by atoms with E-state index in [0.717, 1.165) is 3.76 Å². The highest BCUT2D eigenvalue weighted by Gasteiger charge is 1.72. The Morgan fingerprint density at radius 1 is 1.80 bits per heavy atom. The largest absolute Gasteiger partial charge is 0.0733 e. The number of halogens is 2. The minimum Gasteiger partial charge on any atom is -0.0733 e. The Hall–Kier alpha value is 2.03. The third kappa shape index (κ3) is 6.03. The zero-order chi connectivity index (χ0) is 4.28. The Bertz CT molecular complexity index is 42.9. The van der Waals surface area contributed by atoms with Crippen LogP contribution in [0.5, 0.6) is 0 Å². The molecule has 0 amide bonds. The van der Waals surface area contributed by atoms with Crippen LogP contribution in [0.1, 0.15) is 0 Å². The number of alkyl halides is 1. The fourth-order valence-electron chi connectivity index (χ4n) is 0. The van der Waals surface area contributed by atoms with Gasteiger partial charge in [0, 0.05) is 21.2 Å². The Morgan fingerprint density at radius 2 is 2.00 bits per heavy atom. The van der Waals surface area contributed by atoms with Gasteiger partial charge in [-0.15, -0.1) is 0 Å². The SMILES string of the molecule is S=S(I)CI. The maximum absolute atomic E-state index is 4.79. The van der Waals surface area contributed by atoms with E-state index in [0.29, 0.717) is 0 Å². The highest BCUT2D eigenvalue weighted by atomic mass is 127. The van der Waals surface area contributed by atoms with E-state index in [-0.39, 0.29) is 6.63 Å². The van der Waals surface area contributed by atoms with Crippen molar-refractivity contribution in [2.24, 2.45) is 0 Å². The summed E-state index contributed by atoms with van der Waals surface area (Å²) in [4.78, 5) is 0. The number of hydrogen-bond acceptors (Lipinski definition) is 1. The van der Waals surface area contributed by atoms with Gasteiger partial charge in [-0.05, 0) is 17.8 Å². The first kappa shape index (κ1) is 7.03. The van der Waals surface area contributed by atoms with Gasteiger partial charge in [0.05, 0.1) is 3.76 Å². The van der Waals surface area contributed by atoms with Gasteiger partial charge in [0.1, 0.15) is 0 Å². The van der Waals surface area contributed by atoms with E-state index in [1.54, 1.807) is 0 Å². The second kappa shape index (κ2) is 4.20. The molecule has 0 saturated heterocycles. The standard InChI is InChI=1S/CH2I2S2/c2-1-5(3)4/h1H2. The van der Waals surface area contributed by atoms with Crippen molar-refractivity contribution in [1.82, 2.24) is 0 Å². The molecule has 5 heavy (non-hydrogen) atoms. The number of rotatable bonds is 1. The molecule has 0 spiro atoms. The summed E-state index contributed by atoms with van der Waals surface area (Å²) in [5.74, 6) is 0. The maximum Gasteiger partial charge on any atom is 0.0595 e. The van der Waals surface area contributed by atoms with Gasteiger partial charge in [-0.1, -0.05) is 22.6 Å². The predicted molar refractivity (Wildman–Crippen MR) is 47.6 cm³/mol. The molecular weight excluding hydrogens is 330 g/mol. The van der Waals surface area contributed by atoms with Gasteiger partial charge in [-0.25, -0.2) is 0 Å². The summed E-state index contributed by atoms with van der Waals surface area (Å²) in [5.41, 5.74) is 0. The summed E-state index contributed by atoms with van der Waals surface area (Å²) in [6, 6.07) is 0. The van der Waals surface area contributed by atoms with E-state index in [2.05, 4.69) is 43.8 Å². The molecule has 0 saturated carbocycles. The molecule has 0 N–H and O–H groups in total. The Balaban J connectivity index is 2.85. The van der Waals surface area contributed by atoms with Crippen LogP contribution in [0.25, 0.3) is 0 Å². The zero-order valence-corrected chi connectivity index (χ0v) is 8.23. The van der Waals surface area contributed by atoms with Crippen molar-refractivity contribution in [3.8, 4) is 0 Å². The highest BCUT2D eigenvalue weighted by molar-refractivity contribution is 14.2. The van der Waals surface area contributed by atoms with E-state index < -0.39 is 0 Å². The van der Waals surface area contributed by atoms with E-state index >= 15 is 0 Å². The molecule has 0 aromatic rings. The summed E-state index contributed by atoms with van der Waals surface area (Å²) in [6.45, 7) is 0.217. The predicted octanol–water partition coefficient (Wildman–Crippen LogP) is 1.81. The van der Waals surface area contributed by atoms with E-state index in [4.69, 9.17) is 11.2 Å². The van der Waals surface area contributed by atoms with Crippen LogP contribution in [0, 0.1) is 0 Å². The van der Waals surface area contributed by atoms with Crippen LogP contribution < -0.4 is 0 Å². The van der Waals surface area contributed by atoms with Gasteiger partial charge in [-0.2, -0.15) is 0 Å².